The molecule has 0 aromatic carbocycles. The van der Waals surface area contributed by atoms with E-state index in [0.29, 0.717) is 31.8 Å². The number of hydrogen-bond acceptors (Lipinski definition) is 6. The van der Waals surface area contributed by atoms with Gasteiger partial charge in [-0.05, 0) is 32.2 Å². The van der Waals surface area contributed by atoms with Crippen LogP contribution in [-0.2, 0) is 4.79 Å². The summed E-state index contributed by atoms with van der Waals surface area (Å²) >= 11 is 0. The van der Waals surface area contributed by atoms with Crippen molar-refractivity contribution in [2.24, 2.45) is 11.7 Å². The van der Waals surface area contributed by atoms with Gasteiger partial charge >= 0.3 is 0 Å². The summed E-state index contributed by atoms with van der Waals surface area (Å²) in [6, 6.07) is 0.0552. The standard InChI is InChI=1S/C13H19N5O3/c14-10(19)8-3-6-18(7-4-8)13(20)11-16-12(21-17-11)9-2-1-5-15-9/h8-9,15H,1-7H2,(H2,14,19). The number of hydrogen-bond donors (Lipinski definition) is 2. The molecule has 2 fully saturated rings. The first-order valence-corrected chi connectivity index (χ1v) is 7.30. The minimum absolute atomic E-state index is 0.0552. The molecule has 0 saturated carbocycles. The highest BCUT2D eigenvalue weighted by Gasteiger charge is 2.30. The number of carbonyl (C=O) groups is 2. The molecule has 2 saturated heterocycles. The van der Waals surface area contributed by atoms with Crippen LogP contribution in [0.2, 0.25) is 0 Å². The maximum Gasteiger partial charge on any atom is 0.295 e. The topological polar surface area (TPSA) is 114 Å². The van der Waals surface area contributed by atoms with Crippen LogP contribution in [0.15, 0.2) is 4.52 Å². The van der Waals surface area contributed by atoms with E-state index in [-0.39, 0.29) is 29.6 Å². The van der Waals surface area contributed by atoms with Gasteiger partial charge in [0, 0.05) is 19.0 Å². The summed E-state index contributed by atoms with van der Waals surface area (Å²) in [5.41, 5.74) is 5.28. The molecule has 2 amide bonds. The van der Waals surface area contributed by atoms with Crippen LogP contribution in [-0.4, -0.2) is 46.5 Å². The van der Waals surface area contributed by atoms with Crippen molar-refractivity contribution in [3.05, 3.63) is 11.7 Å². The normalized spacial score (nSPS) is 23.4. The Bertz CT molecular complexity index is 530. The first-order chi connectivity index (χ1) is 10.1. The molecule has 8 nitrogen and oxygen atoms in total. The average molecular weight is 293 g/mol. The molecule has 1 unspecified atom stereocenters. The van der Waals surface area contributed by atoms with E-state index >= 15 is 0 Å². The first kappa shape index (κ1) is 14.0. The van der Waals surface area contributed by atoms with Gasteiger partial charge in [-0.2, -0.15) is 4.98 Å². The van der Waals surface area contributed by atoms with Crippen molar-refractivity contribution in [1.29, 1.82) is 0 Å². The lowest BCUT2D eigenvalue weighted by molar-refractivity contribution is -0.123. The van der Waals surface area contributed by atoms with Gasteiger partial charge in [-0.25, -0.2) is 0 Å². The number of amides is 2. The molecule has 0 radical (unpaired) electrons. The minimum atomic E-state index is -0.295. The summed E-state index contributed by atoms with van der Waals surface area (Å²) in [7, 11) is 0. The Morgan fingerprint density at radius 2 is 2.05 bits per heavy atom. The summed E-state index contributed by atoms with van der Waals surface area (Å²) in [6.07, 6.45) is 3.20. The highest BCUT2D eigenvalue weighted by Crippen LogP contribution is 2.22. The number of likely N-dealkylation sites (tertiary alicyclic amines) is 1. The van der Waals surface area contributed by atoms with Gasteiger partial charge in [0.1, 0.15) is 0 Å². The van der Waals surface area contributed by atoms with E-state index < -0.39 is 0 Å². The van der Waals surface area contributed by atoms with Gasteiger partial charge in [-0.1, -0.05) is 5.16 Å². The van der Waals surface area contributed by atoms with Crippen LogP contribution in [0.1, 0.15) is 48.2 Å². The molecule has 1 atom stereocenters. The van der Waals surface area contributed by atoms with Crippen LogP contribution >= 0.6 is 0 Å². The van der Waals surface area contributed by atoms with E-state index in [4.69, 9.17) is 10.3 Å². The summed E-state index contributed by atoms with van der Waals surface area (Å²) in [5, 5.41) is 7.03. The second kappa shape index (κ2) is 5.80. The summed E-state index contributed by atoms with van der Waals surface area (Å²) < 4.78 is 5.17. The van der Waals surface area contributed by atoms with Crippen LogP contribution in [0, 0.1) is 5.92 Å². The Hall–Kier alpha value is -1.96. The number of carbonyl (C=O) groups excluding carboxylic acids is 2. The zero-order chi connectivity index (χ0) is 14.8. The van der Waals surface area contributed by atoms with Crippen molar-refractivity contribution in [2.75, 3.05) is 19.6 Å². The van der Waals surface area contributed by atoms with Gasteiger partial charge in [0.25, 0.3) is 11.7 Å². The van der Waals surface area contributed by atoms with E-state index in [1.165, 1.54) is 0 Å². The van der Waals surface area contributed by atoms with Crippen LogP contribution in [0.3, 0.4) is 0 Å². The third-order valence-electron chi connectivity index (χ3n) is 4.18. The first-order valence-electron chi connectivity index (χ1n) is 7.30. The number of aromatic nitrogens is 2. The van der Waals surface area contributed by atoms with E-state index in [1.54, 1.807) is 4.90 Å². The van der Waals surface area contributed by atoms with Gasteiger partial charge < -0.3 is 20.5 Å². The quantitative estimate of drug-likeness (QED) is 0.799. The van der Waals surface area contributed by atoms with Crippen LogP contribution in [0.5, 0.6) is 0 Å². The molecular formula is C13H19N5O3. The van der Waals surface area contributed by atoms with Gasteiger partial charge in [-0.15, -0.1) is 0 Å². The van der Waals surface area contributed by atoms with Gasteiger partial charge in [0.2, 0.25) is 11.8 Å². The largest absolute Gasteiger partial charge is 0.369 e. The monoisotopic (exact) mass is 293 g/mol. The molecule has 0 bridgehead atoms. The lowest BCUT2D eigenvalue weighted by Crippen LogP contribution is -2.42. The molecule has 1 aromatic heterocycles. The van der Waals surface area contributed by atoms with Crippen LogP contribution in [0.4, 0.5) is 0 Å². The third kappa shape index (κ3) is 2.90. The minimum Gasteiger partial charge on any atom is -0.369 e. The molecule has 3 N–H and O–H groups in total. The van der Waals surface area contributed by atoms with Crippen LogP contribution in [0.25, 0.3) is 0 Å². The zero-order valence-electron chi connectivity index (χ0n) is 11.7. The molecule has 21 heavy (non-hydrogen) atoms. The van der Waals surface area contributed by atoms with E-state index in [2.05, 4.69) is 15.5 Å². The molecule has 8 heteroatoms. The SMILES string of the molecule is NC(=O)C1CCN(C(=O)c2noc(C3CCCN3)n2)CC1. The fourth-order valence-electron chi connectivity index (χ4n) is 2.87. The molecule has 0 spiro atoms. The number of nitrogens with zero attached hydrogens (tertiary/aromatic N) is 3. The Labute approximate surface area is 122 Å². The lowest BCUT2D eigenvalue weighted by Gasteiger charge is -2.29. The summed E-state index contributed by atoms with van der Waals surface area (Å²) in [5.74, 6) is -0.112. The van der Waals surface area contributed by atoms with E-state index in [0.717, 1.165) is 19.4 Å². The van der Waals surface area contributed by atoms with Crippen molar-refractivity contribution in [3.63, 3.8) is 0 Å². The summed E-state index contributed by atoms with van der Waals surface area (Å²) in [4.78, 5) is 29.3. The number of piperidine rings is 1. The number of nitrogens with one attached hydrogen (secondary N) is 1. The predicted octanol–water partition coefficient (Wildman–Crippen LogP) is -0.168. The third-order valence-corrected chi connectivity index (χ3v) is 4.18. The fraction of sp³-hybridized carbons (Fsp3) is 0.692. The molecule has 1 aromatic rings. The molecular weight excluding hydrogens is 274 g/mol. The van der Waals surface area contributed by atoms with Crippen LogP contribution < -0.4 is 11.1 Å². The molecule has 2 aliphatic heterocycles. The van der Waals surface area contributed by atoms with Gasteiger partial charge in [-0.3, -0.25) is 9.59 Å². The second-order valence-electron chi connectivity index (χ2n) is 5.57. The molecule has 0 aliphatic carbocycles. The smallest absolute Gasteiger partial charge is 0.295 e. The number of rotatable bonds is 3. The predicted molar refractivity (Wildman–Crippen MR) is 72.1 cm³/mol. The van der Waals surface area contributed by atoms with E-state index in [1.807, 2.05) is 0 Å². The maximum absolute atomic E-state index is 12.3. The fourth-order valence-corrected chi connectivity index (χ4v) is 2.87. The van der Waals surface area contributed by atoms with Crippen molar-refractivity contribution in [1.82, 2.24) is 20.4 Å². The zero-order valence-corrected chi connectivity index (χ0v) is 11.7. The molecule has 114 valence electrons. The lowest BCUT2D eigenvalue weighted by atomic mass is 9.96. The maximum atomic E-state index is 12.3. The Kier molecular flexibility index (Phi) is 3.87. The highest BCUT2D eigenvalue weighted by molar-refractivity contribution is 5.90. The molecule has 3 rings (SSSR count). The van der Waals surface area contributed by atoms with Crippen molar-refractivity contribution in [2.45, 2.75) is 31.7 Å². The van der Waals surface area contributed by atoms with E-state index in [9.17, 15) is 9.59 Å². The van der Waals surface area contributed by atoms with Crippen molar-refractivity contribution < 1.29 is 14.1 Å². The summed E-state index contributed by atoms with van der Waals surface area (Å²) in [6.45, 7) is 1.92. The highest BCUT2D eigenvalue weighted by atomic mass is 16.5. The Morgan fingerprint density at radius 3 is 2.67 bits per heavy atom. The second-order valence-corrected chi connectivity index (χ2v) is 5.57. The Morgan fingerprint density at radius 1 is 1.29 bits per heavy atom. The Balaban J connectivity index is 1.62. The number of primary amides is 1. The van der Waals surface area contributed by atoms with Crippen molar-refractivity contribution >= 4 is 11.8 Å². The van der Waals surface area contributed by atoms with Gasteiger partial charge in [0.05, 0.1) is 6.04 Å². The average Bonchev–Trinajstić information content (AvgIpc) is 3.17. The molecule has 3 heterocycles. The van der Waals surface area contributed by atoms with Gasteiger partial charge in [0.15, 0.2) is 0 Å². The molecule has 2 aliphatic rings. The van der Waals surface area contributed by atoms with Crippen molar-refractivity contribution in [3.8, 4) is 0 Å². The number of nitrogens with two attached hydrogens (primary N) is 1.